The number of hydrogen-bond acceptors (Lipinski definition) is 4. The Bertz CT molecular complexity index is 567. The second-order valence-electron chi connectivity index (χ2n) is 11.4. The molecule has 0 bridgehead atoms. The lowest BCUT2D eigenvalue weighted by Crippen LogP contribution is -2.62. The summed E-state index contributed by atoms with van der Waals surface area (Å²) in [4.78, 5) is 0. The van der Waals surface area contributed by atoms with E-state index in [1.54, 1.807) is 0 Å². The summed E-state index contributed by atoms with van der Waals surface area (Å²) in [6.07, 6.45) is 7.62. The molecule has 4 heteroatoms. The maximum absolute atomic E-state index is 11.5. The molecule has 4 saturated carbocycles. The minimum Gasteiger partial charge on any atom is -0.396 e. The average molecular weight is 395 g/mol. The zero-order chi connectivity index (χ0) is 20.3. The molecular weight excluding hydrogens is 352 g/mol. The first-order valence-electron chi connectivity index (χ1n) is 11.9. The Morgan fingerprint density at radius 3 is 2.43 bits per heavy atom. The van der Waals surface area contributed by atoms with Gasteiger partial charge in [-0.1, -0.05) is 20.8 Å². The van der Waals surface area contributed by atoms with Crippen molar-refractivity contribution in [1.82, 2.24) is 0 Å². The zero-order valence-electron chi connectivity index (χ0n) is 18.1. The number of fused-ring (bicyclic) bond motifs is 5. The van der Waals surface area contributed by atoms with E-state index in [9.17, 15) is 20.4 Å². The van der Waals surface area contributed by atoms with Crippen LogP contribution < -0.4 is 0 Å². The molecule has 4 rings (SSSR count). The molecule has 0 aromatic rings. The Hall–Kier alpha value is -0.160. The molecule has 4 N–H and O–H groups in total. The van der Waals surface area contributed by atoms with Crippen LogP contribution in [0, 0.1) is 46.3 Å². The largest absolute Gasteiger partial charge is 0.396 e. The van der Waals surface area contributed by atoms with Crippen LogP contribution in [0.2, 0.25) is 0 Å². The van der Waals surface area contributed by atoms with E-state index in [1.807, 2.05) is 0 Å². The van der Waals surface area contributed by atoms with Gasteiger partial charge in [0.1, 0.15) is 0 Å². The number of rotatable bonds is 4. The molecule has 0 saturated heterocycles. The van der Waals surface area contributed by atoms with Crippen molar-refractivity contribution in [2.24, 2.45) is 46.3 Å². The molecule has 0 amide bonds. The van der Waals surface area contributed by atoms with Crippen molar-refractivity contribution in [3.05, 3.63) is 0 Å². The highest BCUT2D eigenvalue weighted by Gasteiger charge is 2.65. The summed E-state index contributed by atoms with van der Waals surface area (Å²) >= 11 is 0. The fourth-order valence-corrected chi connectivity index (χ4v) is 8.75. The minimum absolute atomic E-state index is 0.117. The summed E-state index contributed by atoms with van der Waals surface area (Å²) in [5.74, 6) is 2.41. The van der Waals surface area contributed by atoms with E-state index in [2.05, 4.69) is 20.8 Å². The van der Waals surface area contributed by atoms with Gasteiger partial charge in [-0.25, -0.2) is 0 Å². The molecule has 4 aliphatic carbocycles. The maximum atomic E-state index is 11.5. The molecular formula is C24H42O4. The van der Waals surface area contributed by atoms with Gasteiger partial charge in [0.2, 0.25) is 0 Å². The standard InChI is InChI=1S/C24H42O4/c1-14(5-4-10-25)17-6-7-18-22-19(13-21(28)24(17,18)3)23(2)9-8-16(26)11-15(23)12-20(22)27/h14-22,25-28H,4-13H2,1-3H3/t14?,15-,16+,17?,18-,19?,20?,21?,22+,23?,24?/m0/s1. The van der Waals surface area contributed by atoms with E-state index in [0.717, 1.165) is 57.8 Å². The van der Waals surface area contributed by atoms with E-state index < -0.39 is 0 Å². The molecule has 4 fully saturated rings. The molecule has 0 aliphatic heterocycles. The van der Waals surface area contributed by atoms with E-state index in [-0.39, 0.29) is 35.7 Å². The van der Waals surface area contributed by atoms with Gasteiger partial charge in [0, 0.05) is 6.61 Å². The highest BCUT2D eigenvalue weighted by atomic mass is 16.3. The van der Waals surface area contributed by atoms with Crippen molar-refractivity contribution in [1.29, 1.82) is 0 Å². The van der Waals surface area contributed by atoms with Crippen LogP contribution in [0.25, 0.3) is 0 Å². The minimum atomic E-state index is -0.308. The molecule has 0 aromatic carbocycles. The van der Waals surface area contributed by atoms with Crippen molar-refractivity contribution in [2.75, 3.05) is 6.61 Å². The summed E-state index contributed by atoms with van der Waals surface area (Å²) in [6.45, 7) is 7.23. The van der Waals surface area contributed by atoms with Crippen LogP contribution in [0.5, 0.6) is 0 Å². The van der Waals surface area contributed by atoms with Gasteiger partial charge in [-0.3, -0.25) is 0 Å². The molecule has 0 radical (unpaired) electrons. The third-order valence-electron chi connectivity index (χ3n) is 10.3. The van der Waals surface area contributed by atoms with Gasteiger partial charge in [0.05, 0.1) is 18.3 Å². The normalized spacial score (nSPS) is 54.5. The lowest BCUT2D eigenvalue weighted by atomic mass is 9.43. The Morgan fingerprint density at radius 1 is 0.964 bits per heavy atom. The van der Waals surface area contributed by atoms with Crippen molar-refractivity contribution in [2.45, 2.75) is 96.9 Å². The quantitative estimate of drug-likeness (QED) is 0.589. The van der Waals surface area contributed by atoms with Gasteiger partial charge >= 0.3 is 0 Å². The summed E-state index contributed by atoms with van der Waals surface area (Å²) in [5.41, 5.74) is 0.0282. The third-order valence-corrected chi connectivity index (χ3v) is 10.3. The van der Waals surface area contributed by atoms with Gasteiger partial charge < -0.3 is 20.4 Å². The Labute approximate surface area is 170 Å². The molecule has 0 spiro atoms. The van der Waals surface area contributed by atoms with Gasteiger partial charge in [-0.2, -0.15) is 0 Å². The Kier molecular flexibility index (Phi) is 5.66. The molecule has 162 valence electrons. The van der Waals surface area contributed by atoms with E-state index in [4.69, 9.17) is 0 Å². The van der Waals surface area contributed by atoms with Crippen LogP contribution in [0.15, 0.2) is 0 Å². The topological polar surface area (TPSA) is 80.9 Å². The van der Waals surface area contributed by atoms with Crippen LogP contribution in [0.3, 0.4) is 0 Å². The van der Waals surface area contributed by atoms with Crippen molar-refractivity contribution >= 4 is 0 Å². The molecule has 4 nitrogen and oxygen atoms in total. The van der Waals surface area contributed by atoms with Gasteiger partial charge in [0.15, 0.2) is 0 Å². The van der Waals surface area contributed by atoms with Crippen molar-refractivity contribution < 1.29 is 20.4 Å². The zero-order valence-corrected chi connectivity index (χ0v) is 18.1. The van der Waals surface area contributed by atoms with Crippen LogP contribution >= 0.6 is 0 Å². The number of hydrogen-bond donors (Lipinski definition) is 4. The Morgan fingerprint density at radius 2 is 1.71 bits per heavy atom. The van der Waals surface area contributed by atoms with E-state index in [0.29, 0.717) is 35.5 Å². The van der Waals surface area contributed by atoms with Crippen LogP contribution in [0.4, 0.5) is 0 Å². The lowest BCUT2D eigenvalue weighted by molar-refractivity contribution is -0.207. The smallest absolute Gasteiger partial charge is 0.0602 e. The first-order valence-corrected chi connectivity index (χ1v) is 11.9. The SMILES string of the molecule is CC(CCCO)C1CC[C@H]2[C@H]3C(O)C[C@@H]4C[C@H](O)CCC4(C)C3CC(O)C12C. The summed E-state index contributed by atoms with van der Waals surface area (Å²) in [6, 6.07) is 0. The maximum Gasteiger partial charge on any atom is 0.0602 e. The van der Waals surface area contributed by atoms with Gasteiger partial charge in [-0.15, -0.1) is 0 Å². The van der Waals surface area contributed by atoms with E-state index >= 15 is 0 Å². The first-order chi connectivity index (χ1) is 13.2. The molecule has 28 heavy (non-hydrogen) atoms. The molecule has 11 atom stereocenters. The van der Waals surface area contributed by atoms with Gasteiger partial charge in [0.25, 0.3) is 0 Å². The summed E-state index contributed by atoms with van der Waals surface area (Å²) < 4.78 is 0. The highest BCUT2D eigenvalue weighted by molar-refractivity contribution is 5.14. The Balaban J connectivity index is 1.62. The number of aliphatic hydroxyl groups is 4. The first kappa shape index (κ1) is 21.1. The number of aliphatic hydroxyl groups excluding tert-OH is 4. The monoisotopic (exact) mass is 394 g/mol. The summed E-state index contributed by atoms with van der Waals surface area (Å²) in [5, 5.41) is 42.2. The van der Waals surface area contributed by atoms with Gasteiger partial charge in [-0.05, 0) is 104 Å². The van der Waals surface area contributed by atoms with Crippen molar-refractivity contribution in [3.8, 4) is 0 Å². The van der Waals surface area contributed by atoms with Crippen molar-refractivity contribution in [3.63, 3.8) is 0 Å². The molecule has 7 unspecified atom stereocenters. The van der Waals surface area contributed by atoms with E-state index in [1.165, 1.54) is 0 Å². The van der Waals surface area contributed by atoms with Crippen LogP contribution in [-0.4, -0.2) is 45.3 Å². The molecule has 0 aromatic heterocycles. The second kappa shape index (κ2) is 7.51. The fraction of sp³-hybridized carbons (Fsp3) is 1.00. The highest BCUT2D eigenvalue weighted by Crippen LogP contribution is 2.68. The molecule has 0 heterocycles. The molecule has 4 aliphatic rings. The lowest BCUT2D eigenvalue weighted by Gasteiger charge is -2.63. The third kappa shape index (κ3) is 3.01. The second-order valence-corrected chi connectivity index (χ2v) is 11.4. The van der Waals surface area contributed by atoms with Crippen LogP contribution in [-0.2, 0) is 0 Å². The fourth-order valence-electron chi connectivity index (χ4n) is 8.75. The van der Waals surface area contributed by atoms with Crippen LogP contribution in [0.1, 0.15) is 78.6 Å². The summed E-state index contributed by atoms with van der Waals surface area (Å²) in [7, 11) is 0. The predicted molar refractivity (Wildman–Crippen MR) is 109 cm³/mol. The predicted octanol–water partition coefficient (Wildman–Crippen LogP) is 3.36. The average Bonchev–Trinajstić information content (AvgIpc) is 3.01.